The molecule has 0 aliphatic heterocycles. The van der Waals surface area contributed by atoms with Crippen LogP contribution in [0.2, 0.25) is 0 Å². The zero-order valence-corrected chi connectivity index (χ0v) is 8.50. The number of allylic oxidation sites excluding steroid dienone is 1. The average molecular weight is 200 g/mol. The minimum absolute atomic E-state index is 0.182. The molecule has 0 bridgehead atoms. The van der Waals surface area contributed by atoms with E-state index < -0.39 is 0 Å². The van der Waals surface area contributed by atoms with Crippen LogP contribution < -0.4 is 10.6 Å². The number of amides is 2. The van der Waals surface area contributed by atoms with E-state index in [0.29, 0.717) is 0 Å². The predicted octanol–water partition coefficient (Wildman–Crippen LogP) is 0.772. The van der Waals surface area contributed by atoms with E-state index in [-0.39, 0.29) is 25.0 Å². The van der Waals surface area contributed by atoms with Crippen molar-refractivity contribution >= 4 is 12.0 Å². The van der Waals surface area contributed by atoms with Gasteiger partial charge in [0.1, 0.15) is 0 Å². The Hall–Kier alpha value is -1.52. The van der Waals surface area contributed by atoms with E-state index in [0.717, 1.165) is 6.42 Å². The number of hydrogen-bond donors (Lipinski definition) is 2. The summed E-state index contributed by atoms with van der Waals surface area (Å²) in [5.74, 6) is -0.339. The molecule has 0 aromatic heterocycles. The van der Waals surface area contributed by atoms with Crippen LogP contribution in [0.1, 0.15) is 19.8 Å². The smallest absolute Gasteiger partial charge is 0.318 e. The molecule has 2 amide bonds. The van der Waals surface area contributed by atoms with Crippen molar-refractivity contribution in [2.45, 2.75) is 19.8 Å². The van der Waals surface area contributed by atoms with Crippen molar-refractivity contribution in [3.63, 3.8) is 0 Å². The Bertz CT molecular complexity index is 214. The minimum Gasteiger partial charge on any atom is -0.469 e. The molecule has 5 heteroatoms. The van der Waals surface area contributed by atoms with Gasteiger partial charge in [0, 0.05) is 12.7 Å². The Morgan fingerprint density at radius 2 is 2.14 bits per heavy atom. The van der Waals surface area contributed by atoms with Gasteiger partial charge < -0.3 is 15.4 Å². The summed E-state index contributed by atoms with van der Waals surface area (Å²) < 4.78 is 4.41. The van der Waals surface area contributed by atoms with Gasteiger partial charge in [0.15, 0.2) is 0 Å². The lowest BCUT2D eigenvalue weighted by Crippen LogP contribution is -2.33. The molecular formula is C9H16N2O3. The molecule has 0 saturated heterocycles. The summed E-state index contributed by atoms with van der Waals surface area (Å²) in [5, 5.41) is 5.00. The molecule has 0 heterocycles. The second kappa shape index (κ2) is 8.10. The fourth-order valence-electron chi connectivity index (χ4n) is 0.684. The molecule has 5 nitrogen and oxygen atoms in total. The van der Waals surface area contributed by atoms with Crippen LogP contribution in [0.5, 0.6) is 0 Å². The van der Waals surface area contributed by atoms with Crippen LogP contribution in [0.4, 0.5) is 4.79 Å². The maximum absolute atomic E-state index is 11.0. The van der Waals surface area contributed by atoms with Crippen molar-refractivity contribution in [3.8, 4) is 0 Å². The molecule has 80 valence electrons. The summed E-state index contributed by atoms with van der Waals surface area (Å²) in [6, 6.07) is -0.321. The number of rotatable bonds is 5. The Labute approximate surface area is 83.5 Å². The maximum atomic E-state index is 11.0. The van der Waals surface area contributed by atoms with Crippen LogP contribution in [0.15, 0.2) is 12.3 Å². The van der Waals surface area contributed by atoms with Crippen LogP contribution in [0.25, 0.3) is 0 Å². The van der Waals surface area contributed by atoms with E-state index in [1.54, 1.807) is 6.20 Å². The molecule has 0 atom stereocenters. The first-order valence-corrected chi connectivity index (χ1v) is 4.47. The molecular weight excluding hydrogens is 184 g/mol. The largest absolute Gasteiger partial charge is 0.469 e. The number of carbonyl (C=O) groups excluding carboxylic acids is 2. The zero-order chi connectivity index (χ0) is 10.8. The van der Waals surface area contributed by atoms with Crippen molar-refractivity contribution in [2.24, 2.45) is 0 Å². The molecule has 0 aliphatic rings. The highest BCUT2D eigenvalue weighted by Crippen LogP contribution is 1.81. The minimum atomic E-state index is -0.339. The number of carbonyl (C=O) groups is 2. The van der Waals surface area contributed by atoms with Gasteiger partial charge >= 0.3 is 12.0 Å². The standard InChI is InChI=1S/C9H16N2O3/c1-3-4-6-10-9(13)11-7-5-8(12)14-2/h4,6H,3,5,7H2,1-2H3,(H2,10,11,13)/b6-4+. The van der Waals surface area contributed by atoms with Crippen molar-refractivity contribution in [2.75, 3.05) is 13.7 Å². The van der Waals surface area contributed by atoms with Crippen molar-refractivity contribution in [3.05, 3.63) is 12.3 Å². The van der Waals surface area contributed by atoms with Gasteiger partial charge in [-0.15, -0.1) is 0 Å². The fraction of sp³-hybridized carbons (Fsp3) is 0.556. The first kappa shape index (κ1) is 12.5. The van der Waals surface area contributed by atoms with E-state index >= 15 is 0 Å². The van der Waals surface area contributed by atoms with E-state index in [1.807, 2.05) is 13.0 Å². The molecule has 0 fully saturated rings. The van der Waals surface area contributed by atoms with E-state index in [2.05, 4.69) is 15.4 Å². The normalized spacial score (nSPS) is 9.86. The van der Waals surface area contributed by atoms with Crippen LogP contribution in [-0.2, 0) is 9.53 Å². The Morgan fingerprint density at radius 3 is 2.71 bits per heavy atom. The highest BCUT2D eigenvalue weighted by molar-refractivity contribution is 5.76. The zero-order valence-electron chi connectivity index (χ0n) is 8.50. The van der Waals surface area contributed by atoms with Gasteiger partial charge in [0.25, 0.3) is 0 Å². The number of esters is 1. The third-order valence-electron chi connectivity index (χ3n) is 1.41. The quantitative estimate of drug-likeness (QED) is 0.644. The molecule has 0 radical (unpaired) electrons. The highest BCUT2D eigenvalue weighted by atomic mass is 16.5. The number of methoxy groups -OCH3 is 1. The second-order valence-corrected chi connectivity index (χ2v) is 2.54. The lowest BCUT2D eigenvalue weighted by molar-refractivity contribution is -0.140. The lowest BCUT2D eigenvalue weighted by Gasteiger charge is -2.02. The monoisotopic (exact) mass is 200 g/mol. The summed E-state index contributed by atoms with van der Waals surface area (Å²) in [7, 11) is 1.31. The average Bonchev–Trinajstić information content (AvgIpc) is 2.18. The molecule has 0 spiro atoms. The van der Waals surface area contributed by atoms with Gasteiger partial charge in [-0.2, -0.15) is 0 Å². The fourth-order valence-corrected chi connectivity index (χ4v) is 0.684. The third kappa shape index (κ3) is 7.15. The van der Waals surface area contributed by atoms with E-state index in [4.69, 9.17) is 0 Å². The molecule has 2 N–H and O–H groups in total. The molecule has 14 heavy (non-hydrogen) atoms. The highest BCUT2D eigenvalue weighted by Gasteiger charge is 2.00. The van der Waals surface area contributed by atoms with Crippen LogP contribution in [0, 0.1) is 0 Å². The van der Waals surface area contributed by atoms with Crippen molar-refractivity contribution in [1.82, 2.24) is 10.6 Å². The molecule has 0 aromatic carbocycles. The summed E-state index contributed by atoms with van der Waals surface area (Å²) in [4.78, 5) is 21.6. The van der Waals surface area contributed by atoms with Crippen molar-refractivity contribution < 1.29 is 14.3 Å². The van der Waals surface area contributed by atoms with Crippen LogP contribution >= 0.6 is 0 Å². The van der Waals surface area contributed by atoms with E-state index in [1.165, 1.54) is 7.11 Å². The first-order chi connectivity index (χ1) is 6.70. The summed E-state index contributed by atoms with van der Waals surface area (Å²) in [6.07, 6.45) is 4.43. The van der Waals surface area contributed by atoms with Gasteiger partial charge in [-0.1, -0.05) is 13.0 Å². The van der Waals surface area contributed by atoms with Gasteiger partial charge in [0.05, 0.1) is 13.5 Å². The SMILES string of the molecule is CC/C=C/NC(=O)NCCC(=O)OC. The number of hydrogen-bond acceptors (Lipinski definition) is 3. The molecule has 0 saturated carbocycles. The Morgan fingerprint density at radius 1 is 1.43 bits per heavy atom. The predicted molar refractivity (Wildman–Crippen MR) is 52.6 cm³/mol. The van der Waals surface area contributed by atoms with Gasteiger partial charge in [-0.05, 0) is 6.42 Å². The summed E-state index contributed by atoms with van der Waals surface area (Å²) in [6.45, 7) is 2.24. The number of nitrogens with one attached hydrogen (secondary N) is 2. The Kier molecular flexibility index (Phi) is 7.22. The molecule has 0 unspecified atom stereocenters. The topological polar surface area (TPSA) is 67.4 Å². The summed E-state index contributed by atoms with van der Waals surface area (Å²) >= 11 is 0. The van der Waals surface area contributed by atoms with Gasteiger partial charge in [-0.25, -0.2) is 4.79 Å². The van der Waals surface area contributed by atoms with Crippen LogP contribution in [-0.4, -0.2) is 25.7 Å². The number of ether oxygens (including phenoxy) is 1. The number of urea groups is 1. The molecule has 0 rings (SSSR count). The second-order valence-electron chi connectivity index (χ2n) is 2.54. The first-order valence-electron chi connectivity index (χ1n) is 4.47. The van der Waals surface area contributed by atoms with Crippen LogP contribution in [0.3, 0.4) is 0 Å². The molecule has 0 aliphatic carbocycles. The van der Waals surface area contributed by atoms with Crippen molar-refractivity contribution in [1.29, 1.82) is 0 Å². The summed E-state index contributed by atoms with van der Waals surface area (Å²) in [5.41, 5.74) is 0. The molecule has 0 aromatic rings. The Balaban J connectivity index is 3.44. The van der Waals surface area contributed by atoms with E-state index in [9.17, 15) is 9.59 Å². The van der Waals surface area contributed by atoms with Gasteiger partial charge in [0.2, 0.25) is 0 Å². The third-order valence-corrected chi connectivity index (χ3v) is 1.41. The van der Waals surface area contributed by atoms with Gasteiger partial charge in [-0.3, -0.25) is 4.79 Å². The maximum Gasteiger partial charge on any atom is 0.318 e. The lowest BCUT2D eigenvalue weighted by atomic mass is 10.4.